The summed E-state index contributed by atoms with van der Waals surface area (Å²) < 4.78 is 16.2. The fourth-order valence-electron chi connectivity index (χ4n) is 3.48. The fraction of sp³-hybridized carbons (Fsp3) is 0.368. The summed E-state index contributed by atoms with van der Waals surface area (Å²) in [5.41, 5.74) is 2.47. The number of piperidine rings is 1. The van der Waals surface area contributed by atoms with Crippen molar-refractivity contribution >= 4 is 7.82 Å². The maximum absolute atomic E-state index is 11.2. The first-order chi connectivity index (χ1) is 12.0. The summed E-state index contributed by atoms with van der Waals surface area (Å²) in [5.74, 6) is 0. The minimum atomic E-state index is -4.45. The molecular weight excluding hydrogens is 337 g/mol. The van der Waals surface area contributed by atoms with Gasteiger partial charge in [0.1, 0.15) is 0 Å². The first-order valence-electron chi connectivity index (χ1n) is 8.55. The molecule has 1 aliphatic rings. The molecule has 2 unspecified atom stereocenters. The highest BCUT2D eigenvalue weighted by molar-refractivity contribution is 7.46. The molecule has 134 valence electrons. The summed E-state index contributed by atoms with van der Waals surface area (Å²) in [5, 5.41) is 0. The van der Waals surface area contributed by atoms with Gasteiger partial charge in [0, 0.05) is 19.1 Å². The van der Waals surface area contributed by atoms with Gasteiger partial charge in [-0.3, -0.25) is 9.42 Å². The van der Waals surface area contributed by atoms with E-state index in [1.165, 1.54) is 11.1 Å². The van der Waals surface area contributed by atoms with Gasteiger partial charge in [-0.05, 0) is 30.4 Å². The van der Waals surface area contributed by atoms with Crippen LogP contribution in [-0.2, 0) is 22.1 Å². The maximum Gasteiger partial charge on any atom is 0.469 e. The molecule has 2 aromatic rings. The zero-order valence-corrected chi connectivity index (χ0v) is 15.0. The second kappa shape index (κ2) is 8.26. The van der Waals surface area contributed by atoms with Gasteiger partial charge in [-0.2, -0.15) is 0 Å². The van der Waals surface area contributed by atoms with Crippen LogP contribution in [-0.4, -0.2) is 33.4 Å². The van der Waals surface area contributed by atoms with E-state index in [1.54, 1.807) is 0 Å². The number of hydrogen-bond acceptors (Lipinski definition) is 3. The molecule has 0 amide bonds. The third kappa shape index (κ3) is 5.77. The lowest BCUT2D eigenvalue weighted by Gasteiger charge is -2.39. The topological polar surface area (TPSA) is 70.0 Å². The molecule has 1 fully saturated rings. The first-order valence-corrected chi connectivity index (χ1v) is 10.1. The van der Waals surface area contributed by atoms with Gasteiger partial charge in [-0.25, -0.2) is 4.57 Å². The third-order valence-corrected chi connectivity index (χ3v) is 5.19. The summed E-state index contributed by atoms with van der Waals surface area (Å²) in [6.07, 6.45) is 1.69. The number of benzene rings is 2. The van der Waals surface area contributed by atoms with Crippen molar-refractivity contribution in [3.8, 4) is 0 Å². The SMILES string of the molecule is O=P(O)(O)OC1CCN(Cc2ccccc2)C(Cc2ccccc2)C1. The molecule has 2 aromatic carbocycles. The molecule has 5 nitrogen and oxygen atoms in total. The number of rotatable bonds is 6. The first kappa shape index (κ1) is 18.3. The highest BCUT2D eigenvalue weighted by Gasteiger charge is 2.32. The van der Waals surface area contributed by atoms with Crippen LogP contribution in [0.3, 0.4) is 0 Å². The lowest BCUT2D eigenvalue weighted by molar-refractivity contribution is 0.0335. The van der Waals surface area contributed by atoms with Crippen molar-refractivity contribution in [2.45, 2.75) is 38.0 Å². The molecule has 6 heteroatoms. The van der Waals surface area contributed by atoms with Gasteiger partial charge in [0.2, 0.25) is 0 Å². The summed E-state index contributed by atoms with van der Waals surface area (Å²) in [7, 11) is -4.45. The molecule has 2 atom stereocenters. The Labute approximate surface area is 148 Å². The lowest BCUT2D eigenvalue weighted by atomic mass is 9.93. The van der Waals surface area contributed by atoms with Crippen LogP contribution in [0.5, 0.6) is 0 Å². The van der Waals surface area contributed by atoms with Crippen LogP contribution in [0.2, 0.25) is 0 Å². The monoisotopic (exact) mass is 361 g/mol. The minimum Gasteiger partial charge on any atom is -0.303 e. The van der Waals surface area contributed by atoms with Crippen LogP contribution >= 0.6 is 7.82 Å². The Hall–Kier alpha value is -1.49. The number of nitrogens with zero attached hydrogens (tertiary/aromatic N) is 1. The van der Waals surface area contributed by atoms with Crippen molar-refractivity contribution in [2.75, 3.05) is 6.54 Å². The molecule has 1 heterocycles. The molecule has 0 bridgehead atoms. The van der Waals surface area contributed by atoms with Gasteiger partial charge in [0.25, 0.3) is 0 Å². The Kier molecular flexibility index (Phi) is 6.05. The Bertz CT molecular complexity index is 704. The largest absolute Gasteiger partial charge is 0.469 e. The maximum atomic E-state index is 11.2. The van der Waals surface area contributed by atoms with Crippen LogP contribution in [0.4, 0.5) is 0 Å². The Morgan fingerprint density at radius 1 is 1.00 bits per heavy atom. The zero-order chi connectivity index (χ0) is 17.7. The molecule has 0 spiro atoms. The number of phosphoric ester groups is 1. The standard InChI is InChI=1S/C19H24NO4P/c21-25(22,23)24-19-11-12-20(15-17-9-5-2-6-10-17)18(14-19)13-16-7-3-1-4-8-16/h1-10,18-19H,11-15H2,(H2,21,22,23). The predicted octanol–water partition coefficient (Wildman–Crippen LogP) is 3.37. The lowest BCUT2D eigenvalue weighted by Crippen LogP contribution is -2.45. The highest BCUT2D eigenvalue weighted by atomic mass is 31.2. The average molecular weight is 361 g/mol. The molecule has 1 aliphatic heterocycles. The summed E-state index contributed by atoms with van der Waals surface area (Å²) in [4.78, 5) is 20.6. The van der Waals surface area contributed by atoms with Crippen LogP contribution < -0.4 is 0 Å². The summed E-state index contributed by atoms with van der Waals surface area (Å²) in [6.45, 7) is 1.60. The van der Waals surface area contributed by atoms with E-state index in [4.69, 9.17) is 14.3 Å². The van der Waals surface area contributed by atoms with Crippen molar-refractivity contribution in [2.24, 2.45) is 0 Å². The Balaban J connectivity index is 1.72. The van der Waals surface area contributed by atoms with Crippen LogP contribution in [0.15, 0.2) is 60.7 Å². The van der Waals surface area contributed by atoms with Crippen LogP contribution in [0.1, 0.15) is 24.0 Å². The van der Waals surface area contributed by atoms with Crippen molar-refractivity contribution in [1.82, 2.24) is 4.90 Å². The van der Waals surface area contributed by atoms with E-state index in [-0.39, 0.29) is 6.04 Å². The molecule has 0 aliphatic carbocycles. The normalized spacial score (nSPS) is 22.0. The Morgan fingerprint density at radius 3 is 2.20 bits per heavy atom. The molecule has 0 radical (unpaired) electrons. The van der Waals surface area contributed by atoms with E-state index in [9.17, 15) is 4.57 Å². The van der Waals surface area contributed by atoms with Gasteiger partial charge >= 0.3 is 7.82 Å². The van der Waals surface area contributed by atoms with E-state index >= 15 is 0 Å². The molecule has 1 saturated heterocycles. The van der Waals surface area contributed by atoms with Gasteiger partial charge in [0.15, 0.2) is 0 Å². The van der Waals surface area contributed by atoms with Crippen molar-refractivity contribution in [1.29, 1.82) is 0 Å². The van der Waals surface area contributed by atoms with Crippen LogP contribution in [0, 0.1) is 0 Å². The van der Waals surface area contributed by atoms with Gasteiger partial charge in [-0.15, -0.1) is 0 Å². The second-order valence-electron chi connectivity index (χ2n) is 6.54. The molecular formula is C19H24NO4P. The quantitative estimate of drug-likeness (QED) is 0.772. The number of hydrogen-bond donors (Lipinski definition) is 2. The fourth-order valence-corrected chi connectivity index (χ4v) is 4.06. The van der Waals surface area contributed by atoms with Gasteiger partial charge in [0.05, 0.1) is 6.10 Å². The minimum absolute atomic E-state index is 0.188. The molecule has 25 heavy (non-hydrogen) atoms. The van der Waals surface area contributed by atoms with Crippen LogP contribution in [0.25, 0.3) is 0 Å². The van der Waals surface area contributed by atoms with Crippen molar-refractivity contribution in [3.63, 3.8) is 0 Å². The second-order valence-corrected chi connectivity index (χ2v) is 7.73. The van der Waals surface area contributed by atoms with E-state index in [0.717, 1.165) is 19.5 Å². The summed E-state index contributed by atoms with van der Waals surface area (Å²) in [6, 6.07) is 20.7. The highest BCUT2D eigenvalue weighted by Crippen LogP contribution is 2.41. The van der Waals surface area contributed by atoms with E-state index in [0.29, 0.717) is 12.8 Å². The molecule has 0 saturated carbocycles. The number of likely N-dealkylation sites (tertiary alicyclic amines) is 1. The summed E-state index contributed by atoms with van der Waals surface area (Å²) >= 11 is 0. The van der Waals surface area contributed by atoms with Gasteiger partial charge < -0.3 is 9.79 Å². The van der Waals surface area contributed by atoms with E-state index in [2.05, 4.69) is 29.2 Å². The third-order valence-electron chi connectivity index (χ3n) is 4.62. The molecule has 3 rings (SSSR count). The molecule has 0 aromatic heterocycles. The van der Waals surface area contributed by atoms with Crippen molar-refractivity contribution in [3.05, 3.63) is 71.8 Å². The van der Waals surface area contributed by atoms with E-state index in [1.807, 2.05) is 36.4 Å². The van der Waals surface area contributed by atoms with Gasteiger partial charge in [-0.1, -0.05) is 60.7 Å². The predicted molar refractivity (Wildman–Crippen MR) is 96.9 cm³/mol. The Morgan fingerprint density at radius 2 is 1.60 bits per heavy atom. The number of phosphoric acid groups is 1. The average Bonchev–Trinajstić information content (AvgIpc) is 2.58. The zero-order valence-electron chi connectivity index (χ0n) is 14.1. The molecule has 2 N–H and O–H groups in total. The smallest absolute Gasteiger partial charge is 0.303 e. The van der Waals surface area contributed by atoms with Crippen molar-refractivity contribution < 1.29 is 18.9 Å². The van der Waals surface area contributed by atoms with E-state index < -0.39 is 13.9 Å².